The first-order chi connectivity index (χ1) is 9.29. The van der Waals surface area contributed by atoms with E-state index in [9.17, 15) is 8.42 Å². The lowest BCUT2D eigenvalue weighted by atomic mass is 9.91. The third-order valence-electron chi connectivity index (χ3n) is 2.97. The summed E-state index contributed by atoms with van der Waals surface area (Å²) < 4.78 is 27.4. The van der Waals surface area contributed by atoms with E-state index >= 15 is 0 Å². The highest BCUT2D eigenvalue weighted by molar-refractivity contribution is 7.89. The van der Waals surface area contributed by atoms with Gasteiger partial charge in [0.2, 0.25) is 5.09 Å². The van der Waals surface area contributed by atoms with E-state index in [-0.39, 0.29) is 10.5 Å². The van der Waals surface area contributed by atoms with Crippen molar-refractivity contribution in [3.8, 4) is 0 Å². The van der Waals surface area contributed by atoms with Gasteiger partial charge in [-0.1, -0.05) is 19.9 Å². The van der Waals surface area contributed by atoms with Gasteiger partial charge in [0.05, 0.1) is 6.54 Å². The second kappa shape index (κ2) is 5.69. The van der Waals surface area contributed by atoms with E-state index in [0.29, 0.717) is 12.3 Å². The van der Waals surface area contributed by atoms with E-state index in [2.05, 4.69) is 30.6 Å². The van der Waals surface area contributed by atoms with Gasteiger partial charge >= 0.3 is 0 Å². The summed E-state index contributed by atoms with van der Waals surface area (Å²) in [6, 6.07) is 7.13. The Kier molecular flexibility index (Phi) is 4.33. The number of nitrogens with one attached hydrogen (secondary N) is 1. The highest BCUT2D eigenvalue weighted by Gasteiger charge is 2.21. The van der Waals surface area contributed by atoms with E-state index < -0.39 is 10.0 Å². The van der Waals surface area contributed by atoms with Gasteiger partial charge in [-0.2, -0.15) is 0 Å². The summed E-state index contributed by atoms with van der Waals surface area (Å²) in [4.78, 5) is 1.30. The molecule has 0 bridgehead atoms. The first-order valence-electron chi connectivity index (χ1n) is 6.15. The fourth-order valence-corrected chi connectivity index (χ4v) is 3.19. The Morgan fingerprint density at radius 3 is 2.65 bits per heavy atom. The van der Waals surface area contributed by atoms with Crippen LogP contribution in [0.15, 0.2) is 39.2 Å². The first kappa shape index (κ1) is 15.2. The van der Waals surface area contributed by atoms with Crippen LogP contribution in [0.3, 0.4) is 0 Å². The largest absolute Gasteiger partial charge is 0.447 e. The number of thiophene rings is 1. The van der Waals surface area contributed by atoms with Gasteiger partial charge in [0.1, 0.15) is 5.76 Å². The average Bonchev–Trinajstić information content (AvgIpc) is 2.99. The van der Waals surface area contributed by atoms with Crippen LogP contribution in [0, 0.1) is 0 Å². The Hall–Kier alpha value is -1.15. The van der Waals surface area contributed by atoms with Crippen LogP contribution in [0.5, 0.6) is 0 Å². The monoisotopic (exact) mass is 314 g/mol. The molecule has 3 N–H and O–H groups in total. The summed E-state index contributed by atoms with van der Waals surface area (Å²) >= 11 is 1.72. The lowest BCUT2D eigenvalue weighted by molar-refractivity contribution is 0.389. The maximum absolute atomic E-state index is 11.1. The Balaban J connectivity index is 1.92. The van der Waals surface area contributed by atoms with E-state index in [1.807, 2.05) is 6.07 Å². The summed E-state index contributed by atoms with van der Waals surface area (Å²) in [6.45, 7) is 5.54. The Morgan fingerprint density at radius 1 is 1.35 bits per heavy atom. The van der Waals surface area contributed by atoms with Crippen molar-refractivity contribution >= 4 is 21.4 Å². The SMILES string of the molecule is CC(C)(CNCc1ccc(S(N)(=O)=O)o1)c1cccs1. The smallest absolute Gasteiger partial charge is 0.271 e. The molecule has 20 heavy (non-hydrogen) atoms. The van der Waals surface area contributed by atoms with E-state index in [1.165, 1.54) is 10.9 Å². The molecule has 0 unspecified atom stereocenters. The molecule has 0 aliphatic rings. The predicted molar refractivity (Wildman–Crippen MR) is 79.1 cm³/mol. The van der Waals surface area contributed by atoms with Crippen LogP contribution in [0.4, 0.5) is 0 Å². The van der Waals surface area contributed by atoms with E-state index in [4.69, 9.17) is 9.56 Å². The van der Waals surface area contributed by atoms with Crippen molar-refractivity contribution in [2.45, 2.75) is 30.9 Å². The second-order valence-corrected chi connectivity index (χ2v) is 7.67. The normalized spacial score (nSPS) is 12.8. The van der Waals surface area contributed by atoms with E-state index in [0.717, 1.165) is 6.54 Å². The topological polar surface area (TPSA) is 85.3 Å². The van der Waals surface area contributed by atoms with E-state index in [1.54, 1.807) is 17.4 Å². The number of hydrogen-bond donors (Lipinski definition) is 2. The molecule has 0 amide bonds. The molecular formula is C13H18N2O3S2. The molecule has 2 heterocycles. The second-order valence-electron chi connectivity index (χ2n) is 5.23. The molecule has 0 radical (unpaired) electrons. The molecule has 0 saturated heterocycles. The number of sulfonamides is 1. The Bertz CT molecular complexity index is 658. The van der Waals surface area contributed by atoms with Crippen molar-refractivity contribution in [2.75, 3.05) is 6.54 Å². The quantitative estimate of drug-likeness (QED) is 0.854. The van der Waals surface area contributed by atoms with Crippen molar-refractivity contribution < 1.29 is 12.8 Å². The molecule has 0 saturated carbocycles. The van der Waals surface area contributed by atoms with Gasteiger partial charge in [0.15, 0.2) is 0 Å². The van der Waals surface area contributed by atoms with Crippen LogP contribution < -0.4 is 10.5 Å². The van der Waals surface area contributed by atoms with Crippen LogP contribution in [0.1, 0.15) is 24.5 Å². The molecule has 0 fully saturated rings. The van der Waals surface area contributed by atoms with Crippen LogP contribution in [-0.2, 0) is 22.0 Å². The predicted octanol–water partition coefficient (Wildman–Crippen LogP) is 2.06. The van der Waals surface area contributed by atoms with Crippen molar-refractivity contribution in [2.24, 2.45) is 5.14 Å². The third kappa shape index (κ3) is 3.69. The highest BCUT2D eigenvalue weighted by Crippen LogP contribution is 2.26. The van der Waals surface area contributed by atoms with Crippen molar-refractivity contribution in [3.05, 3.63) is 40.3 Å². The molecule has 110 valence electrons. The number of hydrogen-bond acceptors (Lipinski definition) is 5. The van der Waals surface area contributed by atoms with Gasteiger partial charge in [-0.25, -0.2) is 13.6 Å². The molecule has 5 nitrogen and oxygen atoms in total. The van der Waals surface area contributed by atoms with Gasteiger partial charge in [-0.15, -0.1) is 11.3 Å². The summed E-state index contributed by atoms with van der Waals surface area (Å²) in [5.41, 5.74) is 0.0174. The minimum Gasteiger partial charge on any atom is -0.447 e. The molecule has 2 aromatic rings. The number of primary sulfonamides is 1. The zero-order chi connectivity index (χ0) is 14.8. The van der Waals surface area contributed by atoms with Crippen LogP contribution in [0.2, 0.25) is 0 Å². The van der Waals surface area contributed by atoms with Gasteiger partial charge < -0.3 is 9.73 Å². The molecule has 0 spiro atoms. The number of furan rings is 1. The molecule has 2 aromatic heterocycles. The average molecular weight is 314 g/mol. The summed E-state index contributed by atoms with van der Waals surface area (Å²) in [7, 11) is -3.76. The number of rotatable bonds is 6. The highest BCUT2D eigenvalue weighted by atomic mass is 32.2. The fraction of sp³-hybridized carbons (Fsp3) is 0.385. The summed E-state index contributed by atoms with van der Waals surface area (Å²) in [5.74, 6) is 0.552. The standard InChI is InChI=1S/C13H18N2O3S2/c1-13(2,11-4-3-7-19-11)9-15-8-10-5-6-12(18-10)20(14,16)17/h3-7,15H,8-9H2,1-2H3,(H2,14,16,17). The first-order valence-corrected chi connectivity index (χ1v) is 8.58. The van der Waals surface area contributed by atoms with Crippen LogP contribution in [0.25, 0.3) is 0 Å². The maximum Gasteiger partial charge on any atom is 0.271 e. The van der Waals surface area contributed by atoms with Crippen molar-refractivity contribution in [3.63, 3.8) is 0 Å². The molecule has 2 rings (SSSR count). The zero-order valence-corrected chi connectivity index (χ0v) is 13.1. The van der Waals surface area contributed by atoms with Crippen molar-refractivity contribution in [1.82, 2.24) is 5.32 Å². The molecule has 0 atom stereocenters. The van der Waals surface area contributed by atoms with Gasteiger partial charge in [-0.05, 0) is 23.6 Å². The lowest BCUT2D eigenvalue weighted by Crippen LogP contribution is -2.31. The van der Waals surface area contributed by atoms with Gasteiger partial charge in [-0.3, -0.25) is 0 Å². The zero-order valence-electron chi connectivity index (χ0n) is 11.4. The third-order valence-corrected chi connectivity index (χ3v) is 4.99. The summed E-state index contributed by atoms with van der Waals surface area (Å²) in [6.07, 6.45) is 0. The van der Waals surface area contributed by atoms with Crippen LogP contribution >= 0.6 is 11.3 Å². The Labute approximate surface area is 122 Å². The Morgan fingerprint density at radius 2 is 2.10 bits per heavy atom. The van der Waals surface area contributed by atoms with Crippen LogP contribution in [-0.4, -0.2) is 15.0 Å². The molecular weight excluding hydrogens is 296 g/mol. The van der Waals surface area contributed by atoms with Gasteiger partial charge in [0, 0.05) is 16.8 Å². The minimum atomic E-state index is -3.76. The maximum atomic E-state index is 11.1. The molecule has 0 aliphatic heterocycles. The molecule has 0 aromatic carbocycles. The lowest BCUT2D eigenvalue weighted by Gasteiger charge is -2.23. The molecule has 0 aliphatic carbocycles. The molecule has 7 heteroatoms. The number of nitrogens with two attached hydrogens (primary N) is 1. The summed E-state index contributed by atoms with van der Waals surface area (Å²) in [5, 5.41) is 10.1. The van der Waals surface area contributed by atoms with Crippen molar-refractivity contribution in [1.29, 1.82) is 0 Å². The fourth-order valence-electron chi connectivity index (χ4n) is 1.86. The minimum absolute atomic E-state index is 0.0174. The van der Waals surface area contributed by atoms with Gasteiger partial charge in [0.25, 0.3) is 10.0 Å².